The fraction of sp³-hybridized carbons (Fsp3) is 0.560. The predicted molar refractivity (Wildman–Crippen MR) is 125 cm³/mol. The number of carbonyl (C=O) groups excluding carboxylic acids is 1. The number of rotatable bonds is 7. The molecule has 3 aliphatic rings. The number of ether oxygens (including phenoxy) is 1. The largest absolute Gasteiger partial charge is 0.463 e. The Morgan fingerprint density at radius 1 is 1.03 bits per heavy atom. The van der Waals surface area contributed by atoms with Crippen molar-refractivity contribution in [3.8, 4) is 6.01 Å². The molecular weight excluding hydrogens is 402 g/mol. The molecule has 5 rings (SSSR count). The van der Waals surface area contributed by atoms with Gasteiger partial charge in [0.1, 0.15) is 17.4 Å². The second kappa shape index (κ2) is 9.45. The van der Waals surface area contributed by atoms with Gasteiger partial charge in [-0.1, -0.05) is 30.7 Å². The Labute approximate surface area is 190 Å². The molecule has 2 aromatic rings. The highest BCUT2D eigenvalue weighted by molar-refractivity contribution is 5.85. The van der Waals surface area contributed by atoms with Crippen molar-refractivity contribution in [3.63, 3.8) is 0 Å². The molecule has 2 fully saturated rings. The van der Waals surface area contributed by atoms with Gasteiger partial charge in [-0.3, -0.25) is 9.69 Å². The summed E-state index contributed by atoms with van der Waals surface area (Å²) >= 11 is 0. The Kier molecular flexibility index (Phi) is 6.26. The van der Waals surface area contributed by atoms with Crippen LogP contribution in [0.1, 0.15) is 55.2 Å². The molecule has 32 heavy (non-hydrogen) atoms. The van der Waals surface area contributed by atoms with E-state index in [0.29, 0.717) is 43.9 Å². The molecule has 1 aromatic carbocycles. The van der Waals surface area contributed by atoms with Crippen molar-refractivity contribution in [3.05, 3.63) is 41.0 Å². The highest BCUT2D eigenvalue weighted by Crippen LogP contribution is 2.31. The summed E-state index contributed by atoms with van der Waals surface area (Å²) in [6.07, 6.45) is 7.05. The second-order valence-electron chi connectivity index (χ2n) is 9.49. The first-order valence-corrected chi connectivity index (χ1v) is 12.0. The minimum Gasteiger partial charge on any atom is -0.463 e. The maximum Gasteiger partial charge on any atom is 0.320 e. The summed E-state index contributed by atoms with van der Waals surface area (Å²) in [7, 11) is 0. The van der Waals surface area contributed by atoms with E-state index >= 15 is 0 Å². The minimum atomic E-state index is 0.176. The maximum absolute atomic E-state index is 12.4. The number of Topliss-reactive ketones (excluding diaryl/α,β-unsaturated/α-hetero) is 1. The van der Waals surface area contributed by atoms with Crippen molar-refractivity contribution < 1.29 is 9.53 Å². The number of ketones is 1. The molecule has 1 aliphatic carbocycles. The molecule has 1 saturated carbocycles. The first-order valence-electron chi connectivity index (χ1n) is 12.0. The third-order valence-electron chi connectivity index (χ3n) is 6.97. The van der Waals surface area contributed by atoms with Crippen LogP contribution in [0.2, 0.25) is 0 Å². The van der Waals surface area contributed by atoms with Gasteiger partial charge < -0.3 is 15.4 Å². The molecule has 1 saturated heterocycles. The van der Waals surface area contributed by atoms with Crippen LogP contribution >= 0.6 is 0 Å². The fourth-order valence-corrected chi connectivity index (χ4v) is 4.87. The summed E-state index contributed by atoms with van der Waals surface area (Å²) in [6, 6.07) is 9.09. The van der Waals surface area contributed by atoms with E-state index in [1.54, 1.807) is 0 Å². The lowest BCUT2D eigenvalue weighted by molar-refractivity contribution is -0.118. The van der Waals surface area contributed by atoms with Gasteiger partial charge >= 0.3 is 6.01 Å². The standard InChI is InChI=1S/C25H33N5O2/c26-23-22-14-21(31)9-12-30(24(22)28-25(27-23)32-17-18-5-3-6-18)16-20-8-4-7-19(13-20)15-29-10-1-2-11-29/h4,7-8,13,18H,1-3,5-6,9-12,14-17H2,(H2,26,27,28). The van der Waals surface area contributed by atoms with Gasteiger partial charge in [-0.15, -0.1) is 0 Å². The minimum absolute atomic E-state index is 0.176. The Hall–Kier alpha value is -2.67. The van der Waals surface area contributed by atoms with Gasteiger partial charge in [-0.2, -0.15) is 9.97 Å². The quantitative estimate of drug-likeness (QED) is 0.714. The van der Waals surface area contributed by atoms with Crippen LogP contribution in [0.15, 0.2) is 24.3 Å². The number of hydrogen-bond acceptors (Lipinski definition) is 7. The van der Waals surface area contributed by atoms with Gasteiger partial charge in [0.25, 0.3) is 0 Å². The Morgan fingerprint density at radius 3 is 2.56 bits per heavy atom. The molecule has 0 amide bonds. The van der Waals surface area contributed by atoms with Crippen molar-refractivity contribution in [1.29, 1.82) is 0 Å². The Bertz CT molecular complexity index is 969. The van der Waals surface area contributed by atoms with E-state index in [4.69, 9.17) is 15.5 Å². The van der Waals surface area contributed by atoms with E-state index in [1.807, 2.05) is 0 Å². The lowest BCUT2D eigenvalue weighted by Crippen LogP contribution is -2.26. The monoisotopic (exact) mass is 435 g/mol. The summed E-state index contributed by atoms with van der Waals surface area (Å²) in [5.41, 5.74) is 9.57. The molecule has 0 atom stereocenters. The Balaban J connectivity index is 1.36. The average molecular weight is 436 g/mol. The lowest BCUT2D eigenvalue weighted by Gasteiger charge is -2.26. The fourth-order valence-electron chi connectivity index (χ4n) is 4.87. The molecule has 170 valence electrons. The number of carbonyl (C=O) groups is 1. The predicted octanol–water partition coefficient (Wildman–Crippen LogP) is 3.36. The van der Waals surface area contributed by atoms with Gasteiger partial charge in [-0.25, -0.2) is 0 Å². The maximum atomic E-state index is 12.4. The van der Waals surface area contributed by atoms with Crippen LogP contribution in [0, 0.1) is 5.92 Å². The number of hydrogen-bond donors (Lipinski definition) is 1. The number of nitrogen functional groups attached to an aromatic ring is 1. The summed E-state index contributed by atoms with van der Waals surface area (Å²) in [6.45, 7) is 5.32. The molecule has 0 unspecified atom stereocenters. The highest BCUT2D eigenvalue weighted by atomic mass is 16.5. The number of likely N-dealkylation sites (tertiary alicyclic amines) is 1. The third kappa shape index (κ3) is 4.88. The van der Waals surface area contributed by atoms with E-state index in [1.165, 1.54) is 56.3 Å². The van der Waals surface area contributed by atoms with Gasteiger partial charge in [0, 0.05) is 38.0 Å². The number of fused-ring (bicyclic) bond motifs is 1. The molecule has 0 bridgehead atoms. The topological polar surface area (TPSA) is 84.6 Å². The SMILES string of the molecule is Nc1nc(OCC2CCC2)nc2c1CC(=O)CCN2Cc1cccc(CN2CCCC2)c1. The molecule has 0 spiro atoms. The summed E-state index contributed by atoms with van der Waals surface area (Å²) in [4.78, 5) is 26.2. The van der Waals surface area contributed by atoms with Crippen LogP contribution in [0.3, 0.4) is 0 Å². The summed E-state index contributed by atoms with van der Waals surface area (Å²) in [5, 5.41) is 0. The third-order valence-corrected chi connectivity index (χ3v) is 6.97. The molecule has 7 nitrogen and oxygen atoms in total. The molecular formula is C25H33N5O2. The second-order valence-corrected chi connectivity index (χ2v) is 9.49. The van der Waals surface area contributed by atoms with Crippen molar-refractivity contribution in [2.75, 3.05) is 36.9 Å². The van der Waals surface area contributed by atoms with E-state index < -0.39 is 0 Å². The van der Waals surface area contributed by atoms with Crippen LogP contribution < -0.4 is 15.4 Å². The molecule has 2 N–H and O–H groups in total. The molecule has 2 aliphatic heterocycles. The van der Waals surface area contributed by atoms with Crippen molar-refractivity contribution in [1.82, 2.24) is 14.9 Å². The average Bonchev–Trinajstić information content (AvgIpc) is 3.19. The summed E-state index contributed by atoms with van der Waals surface area (Å²) in [5.74, 6) is 1.88. The first-order chi connectivity index (χ1) is 15.6. The number of anilines is 2. The van der Waals surface area contributed by atoms with Crippen LogP contribution in [-0.4, -0.2) is 46.9 Å². The van der Waals surface area contributed by atoms with Gasteiger partial charge in [0.05, 0.1) is 6.61 Å². The van der Waals surface area contributed by atoms with E-state index in [2.05, 4.69) is 39.0 Å². The number of nitrogens with two attached hydrogens (primary N) is 1. The van der Waals surface area contributed by atoms with Crippen LogP contribution in [0.4, 0.5) is 11.6 Å². The van der Waals surface area contributed by atoms with Crippen LogP contribution in [0.5, 0.6) is 6.01 Å². The smallest absolute Gasteiger partial charge is 0.320 e. The number of benzene rings is 1. The van der Waals surface area contributed by atoms with Crippen molar-refractivity contribution in [2.24, 2.45) is 5.92 Å². The van der Waals surface area contributed by atoms with E-state index in [-0.39, 0.29) is 12.2 Å². The van der Waals surface area contributed by atoms with Crippen molar-refractivity contribution in [2.45, 2.75) is 58.0 Å². The molecule has 1 aromatic heterocycles. The molecule has 0 radical (unpaired) electrons. The van der Waals surface area contributed by atoms with Crippen LogP contribution in [-0.2, 0) is 24.3 Å². The first kappa shape index (κ1) is 21.2. The van der Waals surface area contributed by atoms with Gasteiger partial charge in [0.15, 0.2) is 0 Å². The zero-order valence-electron chi connectivity index (χ0n) is 18.8. The zero-order valence-corrected chi connectivity index (χ0v) is 18.8. The number of nitrogens with zero attached hydrogens (tertiary/aromatic N) is 4. The molecule has 7 heteroatoms. The Morgan fingerprint density at radius 2 is 1.81 bits per heavy atom. The normalized spacial score (nSPS) is 19.5. The lowest BCUT2D eigenvalue weighted by atomic mass is 9.86. The van der Waals surface area contributed by atoms with Crippen molar-refractivity contribution >= 4 is 17.4 Å². The van der Waals surface area contributed by atoms with E-state index in [9.17, 15) is 4.79 Å². The van der Waals surface area contributed by atoms with E-state index in [0.717, 1.165) is 17.9 Å². The van der Waals surface area contributed by atoms with Crippen LogP contribution in [0.25, 0.3) is 0 Å². The highest BCUT2D eigenvalue weighted by Gasteiger charge is 2.26. The number of aromatic nitrogens is 2. The summed E-state index contributed by atoms with van der Waals surface area (Å²) < 4.78 is 5.90. The zero-order chi connectivity index (χ0) is 21.9. The van der Waals surface area contributed by atoms with Gasteiger partial charge in [-0.05, 0) is 55.8 Å². The molecule has 3 heterocycles. The van der Waals surface area contributed by atoms with Gasteiger partial charge in [0.2, 0.25) is 0 Å².